The Morgan fingerprint density at radius 1 is 1.20 bits per heavy atom. The minimum absolute atomic E-state index is 0.0773. The van der Waals surface area contributed by atoms with Gasteiger partial charge in [0.2, 0.25) is 0 Å². The van der Waals surface area contributed by atoms with E-state index < -0.39 is 0 Å². The van der Waals surface area contributed by atoms with Crippen molar-refractivity contribution in [2.75, 3.05) is 7.11 Å². The summed E-state index contributed by atoms with van der Waals surface area (Å²) in [5, 5.41) is 14.8. The molecule has 4 nitrogen and oxygen atoms in total. The van der Waals surface area contributed by atoms with E-state index in [4.69, 9.17) is 4.84 Å². The molecular formula is C21H27NO3. The van der Waals surface area contributed by atoms with Crippen LogP contribution in [0.2, 0.25) is 0 Å². The highest BCUT2D eigenvalue weighted by Crippen LogP contribution is 2.50. The van der Waals surface area contributed by atoms with Gasteiger partial charge in [0, 0.05) is 18.1 Å². The number of aryl methyl sites for hydroxylation is 3. The minimum Gasteiger partial charge on any atom is -0.511 e. The Balaban J connectivity index is 2.04. The van der Waals surface area contributed by atoms with Crippen LogP contribution in [-0.4, -0.2) is 24.2 Å². The summed E-state index contributed by atoms with van der Waals surface area (Å²) in [5.41, 5.74) is 5.08. The zero-order valence-corrected chi connectivity index (χ0v) is 15.5. The molecule has 1 aromatic carbocycles. The molecule has 3 unspecified atom stereocenters. The van der Waals surface area contributed by atoms with Gasteiger partial charge in [-0.15, -0.1) is 0 Å². The summed E-state index contributed by atoms with van der Waals surface area (Å²) in [5.74, 6) is 0.378. The molecule has 3 rings (SSSR count). The largest absolute Gasteiger partial charge is 0.511 e. The van der Waals surface area contributed by atoms with Crippen LogP contribution in [0.4, 0.5) is 0 Å². The molecule has 1 N–H and O–H groups in total. The molecule has 1 saturated carbocycles. The van der Waals surface area contributed by atoms with E-state index in [0.717, 1.165) is 42.4 Å². The average Bonchev–Trinajstić information content (AvgIpc) is 3.12. The summed E-state index contributed by atoms with van der Waals surface area (Å²) in [7, 11) is 1.52. The molecule has 0 heterocycles. The average molecular weight is 341 g/mol. The number of carbonyl (C=O) groups excluding carboxylic acids is 1. The Labute approximate surface area is 149 Å². The van der Waals surface area contributed by atoms with Gasteiger partial charge in [-0.2, -0.15) is 0 Å². The van der Waals surface area contributed by atoms with E-state index in [0.29, 0.717) is 5.57 Å². The van der Waals surface area contributed by atoms with Crippen LogP contribution >= 0.6 is 0 Å². The molecule has 0 aliphatic heterocycles. The zero-order valence-electron chi connectivity index (χ0n) is 15.5. The predicted octanol–water partition coefficient (Wildman–Crippen LogP) is 4.25. The van der Waals surface area contributed by atoms with Crippen molar-refractivity contribution in [3.8, 4) is 0 Å². The minimum atomic E-state index is -0.126. The molecule has 134 valence electrons. The molecule has 4 heteroatoms. The van der Waals surface area contributed by atoms with Gasteiger partial charge >= 0.3 is 0 Å². The summed E-state index contributed by atoms with van der Waals surface area (Å²) in [6.07, 6.45) is 4.96. The fraction of sp³-hybridized carbons (Fsp3) is 0.524. The summed E-state index contributed by atoms with van der Waals surface area (Å²) >= 11 is 0. The normalized spacial score (nSPS) is 25.9. The maximum atomic E-state index is 13.1. The lowest BCUT2D eigenvalue weighted by atomic mass is 9.87. The van der Waals surface area contributed by atoms with Crippen LogP contribution in [0.1, 0.15) is 48.9 Å². The summed E-state index contributed by atoms with van der Waals surface area (Å²) in [6.45, 7) is 6.29. The number of allylic oxidation sites excluding steroid dienone is 2. The first kappa shape index (κ1) is 17.7. The number of aliphatic hydroxyl groups is 1. The number of hydrogen-bond acceptors (Lipinski definition) is 4. The molecule has 2 aliphatic rings. The molecule has 0 spiro atoms. The number of nitrogens with zero attached hydrogens (tertiary/aromatic N) is 1. The number of hydrogen-bond donors (Lipinski definition) is 1. The van der Waals surface area contributed by atoms with Crippen LogP contribution in [0.25, 0.3) is 5.57 Å². The van der Waals surface area contributed by atoms with Crippen LogP contribution in [-0.2, 0) is 22.5 Å². The van der Waals surface area contributed by atoms with E-state index in [2.05, 4.69) is 38.1 Å². The number of ketones is 1. The number of carbonyl (C=O) groups is 1. The van der Waals surface area contributed by atoms with E-state index in [-0.39, 0.29) is 29.3 Å². The number of benzene rings is 1. The summed E-state index contributed by atoms with van der Waals surface area (Å²) in [4.78, 5) is 17.9. The molecule has 0 radical (unpaired) electrons. The van der Waals surface area contributed by atoms with Crippen LogP contribution in [0.5, 0.6) is 0 Å². The van der Waals surface area contributed by atoms with Gasteiger partial charge in [0.15, 0.2) is 5.78 Å². The third-order valence-electron chi connectivity index (χ3n) is 5.62. The van der Waals surface area contributed by atoms with Crippen molar-refractivity contribution in [2.45, 2.75) is 46.5 Å². The van der Waals surface area contributed by atoms with Crippen molar-refractivity contribution < 1.29 is 14.7 Å². The first-order valence-electron chi connectivity index (χ1n) is 9.18. The van der Waals surface area contributed by atoms with E-state index in [1.165, 1.54) is 12.7 Å². The van der Waals surface area contributed by atoms with Gasteiger partial charge in [0.1, 0.15) is 12.9 Å². The second kappa shape index (κ2) is 7.03. The van der Waals surface area contributed by atoms with E-state index in [1.807, 2.05) is 0 Å². The van der Waals surface area contributed by atoms with E-state index >= 15 is 0 Å². The topological polar surface area (TPSA) is 58.9 Å². The number of aliphatic hydroxyl groups excluding tert-OH is 1. The molecule has 0 aromatic heterocycles. The highest BCUT2D eigenvalue weighted by molar-refractivity contribution is 6.25. The van der Waals surface area contributed by atoms with Crippen LogP contribution in [0.15, 0.2) is 23.0 Å². The van der Waals surface area contributed by atoms with Gasteiger partial charge in [-0.05, 0) is 55.2 Å². The van der Waals surface area contributed by atoms with Crippen molar-refractivity contribution in [1.29, 1.82) is 0 Å². The molecule has 2 aliphatic carbocycles. The molecule has 3 atom stereocenters. The van der Waals surface area contributed by atoms with Gasteiger partial charge in [-0.3, -0.25) is 4.79 Å². The highest BCUT2D eigenvalue weighted by atomic mass is 16.6. The number of fused-ring (bicyclic) bond motifs is 1. The Morgan fingerprint density at radius 3 is 2.32 bits per heavy atom. The molecule has 1 fully saturated rings. The number of oxime groups is 1. The van der Waals surface area contributed by atoms with E-state index in [1.54, 1.807) is 6.21 Å². The smallest absolute Gasteiger partial charge is 0.170 e. The lowest BCUT2D eigenvalue weighted by Gasteiger charge is -2.17. The maximum Gasteiger partial charge on any atom is 0.170 e. The van der Waals surface area contributed by atoms with Crippen LogP contribution in [0.3, 0.4) is 0 Å². The third kappa shape index (κ3) is 2.99. The number of rotatable bonds is 5. The van der Waals surface area contributed by atoms with Crippen LogP contribution < -0.4 is 0 Å². The lowest BCUT2D eigenvalue weighted by Crippen LogP contribution is -2.13. The zero-order chi connectivity index (χ0) is 18.1. The van der Waals surface area contributed by atoms with Gasteiger partial charge in [-0.1, -0.05) is 36.7 Å². The van der Waals surface area contributed by atoms with Gasteiger partial charge in [0.05, 0.1) is 5.57 Å². The van der Waals surface area contributed by atoms with Gasteiger partial charge in [-0.25, -0.2) is 0 Å². The van der Waals surface area contributed by atoms with Crippen molar-refractivity contribution in [3.05, 3.63) is 40.1 Å². The molecule has 25 heavy (non-hydrogen) atoms. The third-order valence-corrected chi connectivity index (χ3v) is 5.62. The second-order valence-electron chi connectivity index (χ2n) is 7.17. The fourth-order valence-electron chi connectivity index (χ4n) is 4.51. The van der Waals surface area contributed by atoms with Crippen molar-refractivity contribution in [2.24, 2.45) is 22.9 Å². The summed E-state index contributed by atoms with van der Waals surface area (Å²) < 4.78 is 0. The van der Waals surface area contributed by atoms with E-state index in [9.17, 15) is 9.90 Å². The molecule has 0 bridgehead atoms. The van der Waals surface area contributed by atoms with Crippen molar-refractivity contribution in [3.63, 3.8) is 0 Å². The SMILES string of the molecule is CCc1cc(C)cc(CC)c1C1=C(O)C2CC(/C=N/OC)CC2C1=O. The molecule has 1 aromatic rings. The first-order valence-corrected chi connectivity index (χ1v) is 9.18. The van der Waals surface area contributed by atoms with Gasteiger partial charge in [0.25, 0.3) is 0 Å². The maximum absolute atomic E-state index is 13.1. The Bertz CT molecular complexity index is 723. The highest BCUT2D eigenvalue weighted by Gasteiger charge is 2.48. The molecular weight excluding hydrogens is 314 g/mol. The van der Waals surface area contributed by atoms with Crippen molar-refractivity contribution >= 4 is 17.6 Å². The number of Topliss-reactive ketones (excluding diaryl/α,β-unsaturated/α-hetero) is 1. The first-order chi connectivity index (χ1) is 12.0. The molecule has 0 saturated heterocycles. The standard InChI is InChI=1S/C21H27NO3/c1-5-14-7-12(3)8-15(6-2)18(14)19-20(23)16-9-13(11-22-25-4)10-17(16)21(19)24/h7-8,11,13,16-17,23H,5-6,9-10H2,1-4H3/b22-11+. The van der Waals surface area contributed by atoms with Crippen LogP contribution in [0, 0.1) is 24.7 Å². The summed E-state index contributed by atoms with van der Waals surface area (Å²) in [6, 6.07) is 4.29. The Kier molecular flexibility index (Phi) is 4.98. The quantitative estimate of drug-likeness (QED) is 0.643. The predicted molar refractivity (Wildman–Crippen MR) is 99.7 cm³/mol. The monoisotopic (exact) mass is 341 g/mol. The van der Waals surface area contributed by atoms with Crippen molar-refractivity contribution in [1.82, 2.24) is 0 Å². The van der Waals surface area contributed by atoms with Gasteiger partial charge < -0.3 is 9.94 Å². The second-order valence-corrected chi connectivity index (χ2v) is 7.17. The Hall–Kier alpha value is -2.10. The lowest BCUT2D eigenvalue weighted by molar-refractivity contribution is -0.117. The fourth-order valence-corrected chi connectivity index (χ4v) is 4.51. The Morgan fingerprint density at radius 2 is 1.80 bits per heavy atom. The molecule has 0 amide bonds.